The van der Waals surface area contributed by atoms with Gasteiger partial charge in [-0.1, -0.05) is 34.1 Å². The van der Waals surface area contributed by atoms with Crippen LogP contribution in [-0.4, -0.2) is 19.8 Å². The summed E-state index contributed by atoms with van der Waals surface area (Å²) in [5, 5.41) is 0. The van der Waals surface area contributed by atoms with E-state index < -0.39 is 0 Å². The van der Waals surface area contributed by atoms with Gasteiger partial charge in [-0.05, 0) is 37.8 Å². The highest BCUT2D eigenvalue weighted by Gasteiger charge is 2.21. The molecule has 0 aliphatic carbocycles. The predicted octanol–water partition coefficient (Wildman–Crippen LogP) is 4.85. The predicted molar refractivity (Wildman–Crippen MR) is 95.6 cm³/mol. The van der Waals surface area contributed by atoms with Crippen molar-refractivity contribution in [3.8, 4) is 17.2 Å². The fourth-order valence-electron chi connectivity index (χ4n) is 2.34. The number of hydrogen-bond donors (Lipinski definition) is 1. The molecule has 0 bridgehead atoms. The van der Waals surface area contributed by atoms with E-state index in [9.17, 15) is 0 Å². The zero-order valence-corrected chi connectivity index (χ0v) is 15.2. The molecule has 0 saturated heterocycles. The van der Waals surface area contributed by atoms with Gasteiger partial charge in [-0.2, -0.15) is 0 Å². The van der Waals surface area contributed by atoms with Crippen LogP contribution in [0.3, 0.4) is 0 Å². The van der Waals surface area contributed by atoms with Gasteiger partial charge in [0.1, 0.15) is 0 Å². The van der Waals surface area contributed by atoms with Crippen LogP contribution in [0.5, 0.6) is 17.2 Å². The molecule has 1 aromatic carbocycles. The van der Waals surface area contributed by atoms with Gasteiger partial charge in [-0.3, -0.25) is 0 Å². The molecular weight excluding hydrogens is 290 g/mol. The van der Waals surface area contributed by atoms with Crippen LogP contribution in [0.25, 0.3) is 0 Å². The van der Waals surface area contributed by atoms with Gasteiger partial charge in [-0.25, -0.2) is 0 Å². The van der Waals surface area contributed by atoms with Crippen molar-refractivity contribution < 1.29 is 14.2 Å². The van der Waals surface area contributed by atoms with Crippen molar-refractivity contribution in [2.75, 3.05) is 19.8 Å². The number of rotatable bonds is 12. The first-order valence-corrected chi connectivity index (χ1v) is 9.00. The van der Waals surface area contributed by atoms with Crippen LogP contribution < -0.4 is 19.9 Å². The van der Waals surface area contributed by atoms with Crippen molar-refractivity contribution in [1.29, 1.82) is 0 Å². The summed E-state index contributed by atoms with van der Waals surface area (Å²) in [4.78, 5) is 0. The molecule has 132 valence electrons. The highest BCUT2D eigenvalue weighted by atomic mass is 16.5. The lowest BCUT2D eigenvalue weighted by atomic mass is 10.0. The second-order valence-corrected chi connectivity index (χ2v) is 5.75. The van der Waals surface area contributed by atoms with Crippen LogP contribution in [0.2, 0.25) is 0 Å². The van der Waals surface area contributed by atoms with E-state index in [2.05, 4.69) is 27.7 Å². The molecule has 1 atom stereocenters. The van der Waals surface area contributed by atoms with Gasteiger partial charge in [0, 0.05) is 11.6 Å². The zero-order chi connectivity index (χ0) is 17.1. The largest absolute Gasteiger partial charge is 0.490 e. The van der Waals surface area contributed by atoms with E-state index >= 15 is 0 Å². The van der Waals surface area contributed by atoms with E-state index in [1.54, 1.807) is 0 Å². The number of benzene rings is 1. The van der Waals surface area contributed by atoms with Crippen molar-refractivity contribution in [3.05, 3.63) is 17.7 Å². The van der Waals surface area contributed by atoms with Crippen molar-refractivity contribution in [2.45, 2.75) is 65.8 Å². The lowest BCUT2D eigenvalue weighted by Gasteiger charge is -2.22. The van der Waals surface area contributed by atoms with Crippen molar-refractivity contribution >= 4 is 0 Å². The van der Waals surface area contributed by atoms with Crippen LogP contribution in [0.4, 0.5) is 0 Å². The van der Waals surface area contributed by atoms with E-state index in [1.807, 2.05) is 12.1 Å². The first-order valence-electron chi connectivity index (χ1n) is 9.00. The molecule has 0 heterocycles. The van der Waals surface area contributed by atoms with E-state index in [0.717, 1.165) is 49.2 Å². The maximum atomic E-state index is 6.35. The van der Waals surface area contributed by atoms with Gasteiger partial charge in [0.25, 0.3) is 0 Å². The average molecular weight is 323 g/mol. The lowest BCUT2D eigenvalue weighted by molar-refractivity contribution is 0.240. The van der Waals surface area contributed by atoms with Crippen LogP contribution in [0, 0.1) is 0 Å². The molecule has 4 heteroatoms. The van der Waals surface area contributed by atoms with Crippen LogP contribution in [0.1, 0.15) is 71.4 Å². The minimum Gasteiger partial charge on any atom is -0.490 e. The molecule has 2 N–H and O–H groups in total. The summed E-state index contributed by atoms with van der Waals surface area (Å²) in [6.45, 7) is 10.4. The molecule has 1 unspecified atom stereocenters. The third-order valence-corrected chi connectivity index (χ3v) is 3.47. The summed E-state index contributed by atoms with van der Waals surface area (Å²) in [6, 6.07) is 3.94. The van der Waals surface area contributed by atoms with Gasteiger partial charge in [0.05, 0.1) is 19.8 Å². The minimum atomic E-state index is -0.0453. The molecule has 0 saturated carbocycles. The second-order valence-electron chi connectivity index (χ2n) is 5.75. The average Bonchev–Trinajstić information content (AvgIpc) is 2.56. The second kappa shape index (κ2) is 11.2. The van der Waals surface area contributed by atoms with E-state index in [1.165, 1.54) is 0 Å². The molecule has 23 heavy (non-hydrogen) atoms. The van der Waals surface area contributed by atoms with Crippen molar-refractivity contribution in [3.63, 3.8) is 0 Å². The standard InChI is InChI=1S/C19H33NO3/c1-5-9-16(20)15-10-11-17(21-12-6-2)19(23-14-8-4)18(15)22-13-7-3/h10-11,16H,5-9,12-14,20H2,1-4H3. The molecule has 0 aliphatic rings. The quantitative estimate of drug-likeness (QED) is 0.597. The highest BCUT2D eigenvalue weighted by Crippen LogP contribution is 2.43. The number of nitrogens with two attached hydrogens (primary N) is 1. The lowest BCUT2D eigenvalue weighted by Crippen LogP contribution is -2.14. The Morgan fingerprint density at radius 3 is 1.91 bits per heavy atom. The Hall–Kier alpha value is -1.42. The third kappa shape index (κ3) is 5.94. The summed E-state index contributed by atoms with van der Waals surface area (Å²) in [5.41, 5.74) is 7.36. The third-order valence-electron chi connectivity index (χ3n) is 3.47. The van der Waals surface area contributed by atoms with E-state index in [-0.39, 0.29) is 6.04 Å². The molecule has 0 fully saturated rings. The van der Waals surface area contributed by atoms with Gasteiger partial charge in [0.15, 0.2) is 11.5 Å². The summed E-state index contributed by atoms with van der Waals surface area (Å²) >= 11 is 0. The van der Waals surface area contributed by atoms with Gasteiger partial charge in [0.2, 0.25) is 5.75 Å². The van der Waals surface area contributed by atoms with Gasteiger partial charge >= 0.3 is 0 Å². The van der Waals surface area contributed by atoms with Crippen LogP contribution >= 0.6 is 0 Å². The van der Waals surface area contributed by atoms with Crippen molar-refractivity contribution in [1.82, 2.24) is 0 Å². The van der Waals surface area contributed by atoms with E-state index in [0.29, 0.717) is 25.6 Å². The Labute approximate surface area is 141 Å². The Morgan fingerprint density at radius 1 is 0.783 bits per heavy atom. The molecule has 0 spiro atoms. The smallest absolute Gasteiger partial charge is 0.203 e. The summed E-state index contributed by atoms with van der Waals surface area (Å²) < 4.78 is 17.8. The summed E-state index contributed by atoms with van der Waals surface area (Å²) in [6.07, 6.45) is 4.79. The Balaban J connectivity index is 3.23. The van der Waals surface area contributed by atoms with Gasteiger partial charge < -0.3 is 19.9 Å². The first kappa shape index (κ1) is 19.6. The fraction of sp³-hybridized carbons (Fsp3) is 0.684. The summed E-state index contributed by atoms with van der Waals surface area (Å²) in [7, 11) is 0. The molecule has 1 rings (SSSR count). The molecule has 0 aliphatic heterocycles. The Kier molecular flexibility index (Phi) is 9.53. The molecule has 0 radical (unpaired) electrons. The number of hydrogen-bond acceptors (Lipinski definition) is 4. The van der Waals surface area contributed by atoms with E-state index in [4.69, 9.17) is 19.9 Å². The molecule has 4 nitrogen and oxygen atoms in total. The fourth-order valence-corrected chi connectivity index (χ4v) is 2.34. The maximum Gasteiger partial charge on any atom is 0.203 e. The van der Waals surface area contributed by atoms with Crippen LogP contribution in [0.15, 0.2) is 12.1 Å². The SMILES string of the molecule is CCCOc1ccc(C(N)CCC)c(OCCC)c1OCCC. The normalized spacial score (nSPS) is 12.0. The Morgan fingerprint density at radius 2 is 1.35 bits per heavy atom. The topological polar surface area (TPSA) is 53.7 Å². The molecule has 0 amide bonds. The molecule has 1 aromatic rings. The van der Waals surface area contributed by atoms with Crippen LogP contribution in [-0.2, 0) is 0 Å². The molecular formula is C19H33NO3. The zero-order valence-electron chi connectivity index (χ0n) is 15.2. The number of ether oxygens (including phenoxy) is 3. The van der Waals surface area contributed by atoms with Gasteiger partial charge in [-0.15, -0.1) is 0 Å². The Bertz CT molecular complexity index is 448. The maximum absolute atomic E-state index is 6.35. The minimum absolute atomic E-state index is 0.0453. The summed E-state index contributed by atoms with van der Waals surface area (Å²) in [5.74, 6) is 2.21. The first-order chi connectivity index (χ1) is 11.2. The monoisotopic (exact) mass is 323 g/mol. The highest BCUT2D eigenvalue weighted by molar-refractivity contribution is 5.56. The molecule has 0 aromatic heterocycles. The van der Waals surface area contributed by atoms with Crippen molar-refractivity contribution in [2.24, 2.45) is 5.73 Å².